The van der Waals surface area contributed by atoms with Gasteiger partial charge in [-0.3, -0.25) is 14.4 Å². The van der Waals surface area contributed by atoms with Gasteiger partial charge in [0, 0.05) is 19.3 Å². The van der Waals surface area contributed by atoms with E-state index in [4.69, 9.17) is 14.2 Å². The van der Waals surface area contributed by atoms with Crippen LogP contribution >= 0.6 is 0 Å². The Morgan fingerprint density at radius 2 is 0.506 bits per heavy atom. The minimum Gasteiger partial charge on any atom is -0.462 e. The third kappa shape index (κ3) is 64.1. The molecule has 0 spiro atoms. The first-order chi connectivity index (χ1) is 38.0. The summed E-state index contributed by atoms with van der Waals surface area (Å²) in [4.78, 5) is 38.0. The third-order valence-corrected chi connectivity index (χ3v) is 15.3. The van der Waals surface area contributed by atoms with Gasteiger partial charge in [0.25, 0.3) is 0 Å². The van der Waals surface area contributed by atoms with E-state index in [1.807, 2.05) is 0 Å². The summed E-state index contributed by atoms with van der Waals surface area (Å²) >= 11 is 0. The van der Waals surface area contributed by atoms with Crippen molar-refractivity contribution in [2.24, 2.45) is 0 Å². The fourth-order valence-electron chi connectivity index (χ4n) is 10.3. The SMILES string of the molecule is CC/C=C\C/C=C\C/C=C\C/C=C\CCCCCCCCCCCCCCCCCCCCCCC(=O)OCC(COC(=O)CCCCCCC)OC(=O)CCCCCCCCCCCCCCCCCCCCCCC. The predicted octanol–water partition coefficient (Wildman–Crippen LogP) is 23.3. The van der Waals surface area contributed by atoms with Crippen molar-refractivity contribution in [1.29, 1.82) is 0 Å². The third-order valence-electron chi connectivity index (χ3n) is 15.3. The van der Waals surface area contributed by atoms with Crippen molar-refractivity contribution < 1.29 is 28.6 Å². The molecule has 1 unspecified atom stereocenters. The molecule has 450 valence electrons. The molecule has 0 aliphatic carbocycles. The minimum atomic E-state index is -0.765. The largest absolute Gasteiger partial charge is 0.462 e. The monoisotopic (exact) mass is 1080 g/mol. The molecule has 0 fully saturated rings. The minimum absolute atomic E-state index is 0.0665. The van der Waals surface area contributed by atoms with E-state index in [-0.39, 0.29) is 31.1 Å². The van der Waals surface area contributed by atoms with E-state index in [1.54, 1.807) is 0 Å². The van der Waals surface area contributed by atoms with Crippen LogP contribution in [-0.4, -0.2) is 37.2 Å². The van der Waals surface area contributed by atoms with Gasteiger partial charge in [-0.15, -0.1) is 0 Å². The highest BCUT2D eigenvalue weighted by Gasteiger charge is 2.19. The number of ether oxygens (including phenoxy) is 3. The van der Waals surface area contributed by atoms with Gasteiger partial charge in [0.15, 0.2) is 6.10 Å². The van der Waals surface area contributed by atoms with Crippen molar-refractivity contribution in [3.8, 4) is 0 Å². The standard InChI is InChI=1S/C71H130O6/c1-4-7-10-13-15-17-19-21-23-25-27-29-30-31-32-33-34-35-36-37-38-39-40-42-43-45-47-49-51-53-55-58-61-64-70(73)76-67-68(66-75-69(72)63-60-57-12-9-6-3)77-71(74)65-62-59-56-54-52-50-48-46-44-41-28-26-24-22-20-18-16-14-11-8-5-2/h7,10,15,17,21,23,27,29,68H,4-6,8-9,11-14,16,18-20,22,24-26,28,30-67H2,1-3H3/b10-7-,17-15-,23-21-,29-27-. The molecule has 0 saturated heterocycles. The maximum absolute atomic E-state index is 12.8. The molecular formula is C71H130O6. The Morgan fingerprint density at radius 3 is 0.792 bits per heavy atom. The van der Waals surface area contributed by atoms with Crippen LogP contribution in [0.3, 0.4) is 0 Å². The molecule has 6 nitrogen and oxygen atoms in total. The summed E-state index contributed by atoms with van der Waals surface area (Å²) in [5, 5.41) is 0. The number of carbonyl (C=O) groups is 3. The molecule has 0 radical (unpaired) electrons. The van der Waals surface area contributed by atoms with Crippen molar-refractivity contribution in [3.63, 3.8) is 0 Å². The molecule has 0 heterocycles. The quantitative estimate of drug-likeness (QED) is 0.0261. The number of hydrogen-bond acceptors (Lipinski definition) is 6. The van der Waals surface area contributed by atoms with Crippen LogP contribution in [-0.2, 0) is 28.6 Å². The van der Waals surface area contributed by atoms with Gasteiger partial charge in [0.1, 0.15) is 13.2 Å². The topological polar surface area (TPSA) is 78.9 Å². The van der Waals surface area contributed by atoms with Gasteiger partial charge in [0.2, 0.25) is 0 Å². The molecule has 0 N–H and O–H groups in total. The molecule has 0 aromatic heterocycles. The normalized spacial score (nSPS) is 12.3. The van der Waals surface area contributed by atoms with Crippen LogP contribution in [0.2, 0.25) is 0 Å². The van der Waals surface area contributed by atoms with Crippen molar-refractivity contribution in [1.82, 2.24) is 0 Å². The molecule has 0 aliphatic heterocycles. The lowest BCUT2D eigenvalue weighted by Gasteiger charge is -2.18. The fourth-order valence-corrected chi connectivity index (χ4v) is 10.3. The zero-order chi connectivity index (χ0) is 55.7. The van der Waals surface area contributed by atoms with Gasteiger partial charge in [-0.25, -0.2) is 0 Å². The smallest absolute Gasteiger partial charge is 0.306 e. The molecule has 0 aliphatic rings. The van der Waals surface area contributed by atoms with Gasteiger partial charge in [-0.1, -0.05) is 339 Å². The summed E-state index contributed by atoms with van der Waals surface area (Å²) in [6, 6.07) is 0. The molecule has 0 aromatic carbocycles. The highest BCUT2D eigenvalue weighted by atomic mass is 16.6. The van der Waals surface area contributed by atoms with E-state index in [2.05, 4.69) is 69.4 Å². The van der Waals surface area contributed by atoms with Crippen LogP contribution in [0.15, 0.2) is 48.6 Å². The number of carbonyl (C=O) groups excluding carboxylic acids is 3. The van der Waals surface area contributed by atoms with E-state index in [0.29, 0.717) is 19.3 Å². The lowest BCUT2D eigenvalue weighted by molar-refractivity contribution is -0.167. The van der Waals surface area contributed by atoms with Crippen molar-refractivity contribution in [2.75, 3.05) is 13.2 Å². The second-order valence-corrected chi connectivity index (χ2v) is 23.1. The van der Waals surface area contributed by atoms with Gasteiger partial charge in [0.05, 0.1) is 0 Å². The van der Waals surface area contributed by atoms with Crippen LogP contribution < -0.4 is 0 Å². The number of rotatable bonds is 63. The molecule has 77 heavy (non-hydrogen) atoms. The molecule has 0 rings (SSSR count). The number of esters is 3. The number of hydrogen-bond donors (Lipinski definition) is 0. The molecule has 6 heteroatoms. The number of allylic oxidation sites excluding steroid dienone is 8. The number of unbranched alkanes of at least 4 members (excludes halogenated alkanes) is 44. The van der Waals surface area contributed by atoms with Gasteiger partial charge in [-0.05, 0) is 57.8 Å². The Morgan fingerprint density at radius 1 is 0.273 bits per heavy atom. The summed E-state index contributed by atoms with van der Waals surface area (Å²) in [7, 11) is 0. The molecule has 0 amide bonds. The molecule has 0 aromatic rings. The predicted molar refractivity (Wildman–Crippen MR) is 335 cm³/mol. The van der Waals surface area contributed by atoms with Crippen LogP contribution in [0.5, 0.6) is 0 Å². The molecular weight excluding hydrogens is 949 g/mol. The Kier molecular flexibility index (Phi) is 63.6. The van der Waals surface area contributed by atoms with Crippen LogP contribution in [0, 0.1) is 0 Å². The maximum Gasteiger partial charge on any atom is 0.306 e. The van der Waals surface area contributed by atoms with Crippen molar-refractivity contribution in [2.45, 2.75) is 374 Å². The lowest BCUT2D eigenvalue weighted by atomic mass is 10.0. The second-order valence-electron chi connectivity index (χ2n) is 23.1. The van der Waals surface area contributed by atoms with E-state index in [9.17, 15) is 14.4 Å². The second kappa shape index (κ2) is 65.9. The van der Waals surface area contributed by atoms with Gasteiger partial charge in [-0.2, -0.15) is 0 Å². The zero-order valence-corrected chi connectivity index (χ0v) is 51.7. The van der Waals surface area contributed by atoms with E-state index in [0.717, 1.165) is 89.9 Å². The lowest BCUT2D eigenvalue weighted by Crippen LogP contribution is -2.30. The first-order valence-corrected chi connectivity index (χ1v) is 34.1. The Hall–Kier alpha value is -2.63. The summed E-state index contributed by atoms with van der Waals surface area (Å²) in [5.74, 6) is -0.855. The average molecular weight is 1080 g/mol. The summed E-state index contributed by atoms with van der Waals surface area (Å²) in [5.41, 5.74) is 0. The van der Waals surface area contributed by atoms with E-state index >= 15 is 0 Å². The molecule has 1 atom stereocenters. The van der Waals surface area contributed by atoms with Crippen LogP contribution in [0.1, 0.15) is 367 Å². The average Bonchev–Trinajstić information content (AvgIpc) is 3.43. The molecule has 0 bridgehead atoms. The zero-order valence-electron chi connectivity index (χ0n) is 51.7. The highest BCUT2D eigenvalue weighted by Crippen LogP contribution is 2.18. The fraction of sp³-hybridized carbons (Fsp3) is 0.845. The van der Waals surface area contributed by atoms with E-state index < -0.39 is 6.10 Å². The van der Waals surface area contributed by atoms with Gasteiger partial charge < -0.3 is 14.2 Å². The van der Waals surface area contributed by atoms with Gasteiger partial charge >= 0.3 is 17.9 Å². The summed E-state index contributed by atoms with van der Waals surface area (Å²) in [6.45, 7) is 6.51. The Balaban J connectivity index is 3.90. The first-order valence-electron chi connectivity index (χ1n) is 34.1. The Labute approximate surface area is 479 Å². The Bertz CT molecular complexity index is 1330. The highest BCUT2D eigenvalue weighted by molar-refractivity contribution is 5.71. The first kappa shape index (κ1) is 74.4. The van der Waals surface area contributed by atoms with Crippen molar-refractivity contribution >= 4 is 17.9 Å². The van der Waals surface area contributed by atoms with Crippen LogP contribution in [0.25, 0.3) is 0 Å². The molecule has 0 saturated carbocycles. The van der Waals surface area contributed by atoms with Crippen LogP contribution in [0.4, 0.5) is 0 Å². The maximum atomic E-state index is 12.8. The van der Waals surface area contributed by atoms with E-state index in [1.165, 1.54) is 238 Å². The van der Waals surface area contributed by atoms with Crippen molar-refractivity contribution in [3.05, 3.63) is 48.6 Å². The summed E-state index contributed by atoms with van der Waals surface area (Å²) < 4.78 is 16.8. The summed E-state index contributed by atoms with van der Waals surface area (Å²) in [6.07, 6.45) is 83.4.